The van der Waals surface area contributed by atoms with Crippen LogP contribution in [0.4, 0.5) is 0 Å². The van der Waals surface area contributed by atoms with Crippen molar-refractivity contribution in [3.05, 3.63) is 23.8 Å². The van der Waals surface area contributed by atoms with E-state index in [9.17, 15) is 13.2 Å². The Balaban J connectivity index is 2.66. The van der Waals surface area contributed by atoms with Gasteiger partial charge in [0.05, 0.1) is 13.4 Å². The van der Waals surface area contributed by atoms with Crippen LogP contribution in [-0.2, 0) is 21.4 Å². The van der Waals surface area contributed by atoms with Gasteiger partial charge in [-0.3, -0.25) is 10.2 Å². The Morgan fingerprint density at radius 2 is 2.00 bits per heavy atom. The van der Waals surface area contributed by atoms with Crippen LogP contribution in [0, 0.1) is 18.3 Å². The zero-order valence-electron chi connectivity index (χ0n) is 15.3. The zero-order valence-corrected chi connectivity index (χ0v) is 16.1. The molecule has 0 bridgehead atoms. The van der Waals surface area contributed by atoms with E-state index in [2.05, 4.69) is 21.5 Å². The zero-order chi connectivity index (χ0) is 19.7. The summed E-state index contributed by atoms with van der Waals surface area (Å²) in [5.74, 6) is 2.74. The smallest absolute Gasteiger partial charge is 0.252 e. The maximum atomic E-state index is 12.2. The van der Waals surface area contributed by atoms with Crippen molar-refractivity contribution in [1.29, 1.82) is 0 Å². The van der Waals surface area contributed by atoms with Crippen molar-refractivity contribution >= 4 is 15.9 Å². The summed E-state index contributed by atoms with van der Waals surface area (Å²) in [6.07, 6.45) is 6.18. The lowest BCUT2D eigenvalue weighted by Crippen LogP contribution is -2.52. The monoisotopic (exact) mass is 383 g/mol. The number of rotatable bonds is 10. The third-order valence-corrected chi connectivity index (χ3v) is 4.02. The SMILES string of the molecule is C#CCOc1ccc(CNNC(=O)[C@@H](NS(C)(=O)=O)C(C)C)cc1OC. The standard InChI is InChI=1S/C17H25N3O5S/c1-6-9-25-14-8-7-13(10-15(14)24-4)11-18-19-17(21)16(12(2)3)20-26(5,22)23/h1,7-8,10,12,16,18,20H,9,11H2,2-5H3,(H,19,21)/t16-/m0/s1. The Morgan fingerprint density at radius 1 is 1.31 bits per heavy atom. The minimum atomic E-state index is -3.50. The third-order valence-electron chi connectivity index (χ3n) is 3.33. The van der Waals surface area contributed by atoms with Crippen LogP contribution in [0.2, 0.25) is 0 Å². The first kappa shape index (κ1) is 21.8. The van der Waals surface area contributed by atoms with Gasteiger partial charge in [0.2, 0.25) is 10.0 Å². The molecule has 1 aromatic rings. The number of hydrogen-bond acceptors (Lipinski definition) is 6. The number of methoxy groups -OCH3 is 1. The molecular weight excluding hydrogens is 358 g/mol. The van der Waals surface area contributed by atoms with Crippen molar-refractivity contribution in [1.82, 2.24) is 15.6 Å². The summed E-state index contributed by atoms with van der Waals surface area (Å²) in [4.78, 5) is 12.2. The topological polar surface area (TPSA) is 106 Å². The summed E-state index contributed by atoms with van der Waals surface area (Å²) in [5.41, 5.74) is 6.11. The molecule has 0 saturated carbocycles. The molecule has 0 aliphatic rings. The molecule has 26 heavy (non-hydrogen) atoms. The lowest BCUT2D eigenvalue weighted by molar-refractivity contribution is -0.124. The van der Waals surface area contributed by atoms with E-state index in [1.807, 2.05) is 0 Å². The van der Waals surface area contributed by atoms with Gasteiger partial charge >= 0.3 is 0 Å². The minimum Gasteiger partial charge on any atom is -0.493 e. The minimum absolute atomic E-state index is 0.133. The predicted molar refractivity (Wildman–Crippen MR) is 98.9 cm³/mol. The molecule has 3 N–H and O–H groups in total. The Bertz CT molecular complexity index is 756. The molecule has 0 unspecified atom stereocenters. The Morgan fingerprint density at radius 3 is 2.54 bits per heavy atom. The largest absolute Gasteiger partial charge is 0.493 e. The Labute approximate surface area is 154 Å². The highest BCUT2D eigenvalue weighted by molar-refractivity contribution is 7.88. The van der Waals surface area contributed by atoms with Crippen LogP contribution in [0.1, 0.15) is 19.4 Å². The highest BCUT2D eigenvalue weighted by Gasteiger charge is 2.25. The number of nitrogens with one attached hydrogen (secondary N) is 3. The second-order valence-corrected chi connectivity index (χ2v) is 7.71. The number of hydrogen-bond donors (Lipinski definition) is 3. The molecule has 0 aliphatic heterocycles. The normalized spacial score (nSPS) is 12.3. The molecule has 0 spiro atoms. The molecule has 8 nitrogen and oxygen atoms in total. The van der Waals surface area contributed by atoms with Gasteiger partial charge in [-0.25, -0.2) is 18.6 Å². The van der Waals surface area contributed by atoms with Crippen molar-refractivity contribution in [3.63, 3.8) is 0 Å². The van der Waals surface area contributed by atoms with Crippen LogP contribution >= 0.6 is 0 Å². The molecular formula is C17H25N3O5S. The number of amides is 1. The fraction of sp³-hybridized carbons (Fsp3) is 0.471. The molecule has 144 valence electrons. The van der Waals surface area contributed by atoms with E-state index in [1.165, 1.54) is 7.11 Å². The van der Waals surface area contributed by atoms with Gasteiger partial charge in [-0.15, -0.1) is 6.42 Å². The third kappa shape index (κ3) is 7.31. The molecule has 1 amide bonds. The number of terminal acetylenes is 1. The van der Waals surface area contributed by atoms with Gasteiger partial charge in [0.25, 0.3) is 5.91 Å². The molecule has 9 heteroatoms. The average molecular weight is 383 g/mol. The van der Waals surface area contributed by atoms with Gasteiger partial charge in [0.1, 0.15) is 12.6 Å². The van der Waals surface area contributed by atoms with Crippen molar-refractivity contribution in [3.8, 4) is 23.8 Å². The van der Waals surface area contributed by atoms with E-state index in [0.717, 1.165) is 11.8 Å². The van der Waals surface area contributed by atoms with Crippen LogP contribution < -0.4 is 25.0 Å². The van der Waals surface area contributed by atoms with Crippen molar-refractivity contribution in [2.75, 3.05) is 20.0 Å². The first-order valence-electron chi connectivity index (χ1n) is 7.91. The van der Waals surface area contributed by atoms with E-state index in [1.54, 1.807) is 32.0 Å². The summed E-state index contributed by atoms with van der Waals surface area (Å²) in [7, 11) is -1.98. The molecule has 0 saturated heterocycles. The van der Waals surface area contributed by atoms with Crippen LogP contribution in [0.25, 0.3) is 0 Å². The van der Waals surface area contributed by atoms with Gasteiger partial charge in [-0.2, -0.15) is 0 Å². The summed E-state index contributed by atoms with van der Waals surface area (Å²) in [6.45, 7) is 3.94. The van der Waals surface area contributed by atoms with E-state index in [0.29, 0.717) is 18.0 Å². The molecule has 0 aromatic heterocycles. The van der Waals surface area contributed by atoms with Gasteiger partial charge in [0, 0.05) is 6.54 Å². The van der Waals surface area contributed by atoms with E-state index >= 15 is 0 Å². The van der Waals surface area contributed by atoms with Crippen molar-refractivity contribution in [2.45, 2.75) is 26.4 Å². The molecule has 1 aromatic carbocycles. The van der Waals surface area contributed by atoms with E-state index < -0.39 is 22.0 Å². The predicted octanol–water partition coefficient (Wildman–Crippen LogP) is 0.402. The average Bonchev–Trinajstić information content (AvgIpc) is 2.57. The lowest BCUT2D eigenvalue weighted by atomic mass is 10.1. The van der Waals surface area contributed by atoms with Gasteiger partial charge < -0.3 is 9.47 Å². The highest BCUT2D eigenvalue weighted by atomic mass is 32.2. The molecule has 0 fully saturated rings. The van der Waals surface area contributed by atoms with E-state index in [-0.39, 0.29) is 12.5 Å². The van der Waals surface area contributed by atoms with Crippen molar-refractivity contribution < 1.29 is 22.7 Å². The second kappa shape index (κ2) is 10.0. The second-order valence-electron chi connectivity index (χ2n) is 5.93. The molecule has 0 aliphatic carbocycles. The van der Waals surface area contributed by atoms with Gasteiger partial charge in [-0.1, -0.05) is 25.8 Å². The van der Waals surface area contributed by atoms with Crippen LogP contribution in [0.3, 0.4) is 0 Å². The number of sulfonamides is 1. The number of carbonyl (C=O) groups is 1. The lowest BCUT2D eigenvalue weighted by Gasteiger charge is -2.20. The summed E-state index contributed by atoms with van der Waals surface area (Å²) >= 11 is 0. The van der Waals surface area contributed by atoms with Gasteiger partial charge in [0.15, 0.2) is 11.5 Å². The summed E-state index contributed by atoms with van der Waals surface area (Å²) in [5, 5.41) is 0. The highest BCUT2D eigenvalue weighted by Crippen LogP contribution is 2.27. The maximum Gasteiger partial charge on any atom is 0.252 e. The number of ether oxygens (including phenoxy) is 2. The molecule has 1 rings (SSSR count). The summed E-state index contributed by atoms with van der Waals surface area (Å²) in [6, 6.07) is 4.39. The van der Waals surface area contributed by atoms with Crippen LogP contribution in [-0.4, -0.2) is 40.3 Å². The number of benzene rings is 1. The Kier molecular flexibility index (Phi) is 8.38. The van der Waals surface area contributed by atoms with Crippen LogP contribution in [0.15, 0.2) is 18.2 Å². The molecule has 0 heterocycles. The first-order valence-corrected chi connectivity index (χ1v) is 9.80. The van der Waals surface area contributed by atoms with Gasteiger partial charge in [-0.05, 0) is 23.6 Å². The molecule has 1 atom stereocenters. The number of carbonyl (C=O) groups excluding carboxylic acids is 1. The fourth-order valence-corrected chi connectivity index (χ4v) is 2.94. The fourth-order valence-electron chi connectivity index (χ4n) is 2.09. The summed E-state index contributed by atoms with van der Waals surface area (Å²) < 4.78 is 35.7. The first-order chi connectivity index (χ1) is 12.2. The molecule has 0 radical (unpaired) electrons. The van der Waals surface area contributed by atoms with Crippen molar-refractivity contribution in [2.24, 2.45) is 5.92 Å². The Hall–Kier alpha value is -2.28. The van der Waals surface area contributed by atoms with E-state index in [4.69, 9.17) is 15.9 Å². The quantitative estimate of drug-likeness (QED) is 0.399. The number of hydrazine groups is 1. The van der Waals surface area contributed by atoms with Crippen LogP contribution in [0.5, 0.6) is 11.5 Å². The maximum absolute atomic E-state index is 12.2.